The summed E-state index contributed by atoms with van der Waals surface area (Å²) >= 11 is 4.84. The van der Waals surface area contributed by atoms with E-state index in [1.807, 2.05) is 25.1 Å². The predicted octanol–water partition coefficient (Wildman–Crippen LogP) is 3.22. The van der Waals surface area contributed by atoms with Crippen LogP contribution in [0.5, 0.6) is 0 Å². The number of carboxylic acid groups (broad SMARTS) is 1. The first-order chi connectivity index (χ1) is 9.19. The van der Waals surface area contributed by atoms with Gasteiger partial charge in [0, 0.05) is 14.9 Å². The van der Waals surface area contributed by atoms with Gasteiger partial charge in [0.1, 0.15) is 0 Å². The zero-order chi connectivity index (χ0) is 15.3. The van der Waals surface area contributed by atoms with E-state index < -0.39 is 11.5 Å². The van der Waals surface area contributed by atoms with Gasteiger partial charge >= 0.3 is 5.97 Å². The quantitative estimate of drug-likeness (QED) is 0.765. The van der Waals surface area contributed by atoms with E-state index in [-0.39, 0.29) is 18.1 Å². The average molecular weight is 360 g/mol. The maximum atomic E-state index is 11.9. The number of halogens is 1. The molecule has 0 saturated carbocycles. The number of carbonyl (C=O) groups is 2. The van der Waals surface area contributed by atoms with Gasteiger partial charge in [0.2, 0.25) is 5.91 Å². The van der Waals surface area contributed by atoms with Gasteiger partial charge in [-0.25, -0.2) is 0 Å². The van der Waals surface area contributed by atoms with Gasteiger partial charge in [0.25, 0.3) is 0 Å². The van der Waals surface area contributed by atoms with Gasteiger partial charge < -0.3 is 10.4 Å². The molecule has 0 bridgehead atoms. The fraction of sp³-hybridized carbons (Fsp3) is 0.429. The van der Waals surface area contributed by atoms with Crippen LogP contribution >= 0.6 is 27.7 Å². The van der Waals surface area contributed by atoms with Crippen molar-refractivity contribution in [1.82, 2.24) is 5.32 Å². The molecule has 0 atom stereocenters. The molecule has 0 saturated heterocycles. The van der Waals surface area contributed by atoms with E-state index in [1.165, 1.54) is 11.8 Å². The highest BCUT2D eigenvalue weighted by molar-refractivity contribution is 9.10. The zero-order valence-electron chi connectivity index (χ0n) is 11.7. The number of aryl methyl sites for hydroxylation is 1. The molecule has 20 heavy (non-hydrogen) atoms. The molecular weight excluding hydrogens is 342 g/mol. The Balaban J connectivity index is 2.53. The zero-order valence-corrected chi connectivity index (χ0v) is 14.1. The van der Waals surface area contributed by atoms with Crippen LogP contribution in [0.15, 0.2) is 27.6 Å². The van der Waals surface area contributed by atoms with Crippen LogP contribution in [0.3, 0.4) is 0 Å². The van der Waals surface area contributed by atoms with E-state index in [2.05, 4.69) is 21.2 Å². The Morgan fingerprint density at radius 2 is 2.05 bits per heavy atom. The number of amides is 1. The summed E-state index contributed by atoms with van der Waals surface area (Å²) < 4.78 is 1.01. The first-order valence-corrected chi connectivity index (χ1v) is 7.89. The SMILES string of the molecule is Cc1cc(Br)ccc1SCC(=O)NC(C)(C)CC(=O)O. The first kappa shape index (κ1) is 17.0. The van der Waals surface area contributed by atoms with Gasteiger partial charge in [-0.3, -0.25) is 9.59 Å². The summed E-state index contributed by atoms with van der Waals surface area (Å²) in [6, 6.07) is 5.88. The maximum absolute atomic E-state index is 11.9. The molecule has 0 spiro atoms. The molecule has 0 aliphatic carbocycles. The molecule has 2 N–H and O–H groups in total. The fourth-order valence-electron chi connectivity index (χ4n) is 1.75. The summed E-state index contributed by atoms with van der Waals surface area (Å²) in [5.41, 5.74) is 0.361. The molecule has 1 aromatic carbocycles. The van der Waals surface area contributed by atoms with Crippen molar-refractivity contribution in [3.05, 3.63) is 28.2 Å². The van der Waals surface area contributed by atoms with Gasteiger partial charge in [-0.2, -0.15) is 0 Å². The standard InChI is InChI=1S/C14H18BrNO3S/c1-9-6-10(15)4-5-11(9)20-8-12(17)16-14(2,3)7-13(18)19/h4-6H,7-8H2,1-3H3,(H,16,17)(H,18,19). The number of carbonyl (C=O) groups excluding carboxylic acids is 1. The number of carboxylic acids is 1. The van der Waals surface area contributed by atoms with Crippen LogP contribution in [0, 0.1) is 6.92 Å². The highest BCUT2D eigenvalue weighted by atomic mass is 79.9. The minimum atomic E-state index is -0.924. The molecule has 1 aromatic rings. The molecule has 110 valence electrons. The Kier molecular flexibility index (Phi) is 6.07. The molecule has 0 heterocycles. The third kappa shape index (κ3) is 5.96. The predicted molar refractivity (Wildman–Crippen MR) is 84.1 cm³/mol. The number of benzene rings is 1. The van der Waals surface area contributed by atoms with Crippen molar-refractivity contribution in [2.45, 2.75) is 37.6 Å². The minimum absolute atomic E-state index is 0.0965. The Bertz CT molecular complexity index is 517. The smallest absolute Gasteiger partial charge is 0.305 e. The van der Waals surface area contributed by atoms with Crippen molar-refractivity contribution in [3.8, 4) is 0 Å². The molecular formula is C14H18BrNO3S. The van der Waals surface area contributed by atoms with Crippen molar-refractivity contribution in [2.24, 2.45) is 0 Å². The molecule has 4 nitrogen and oxygen atoms in total. The molecule has 6 heteroatoms. The minimum Gasteiger partial charge on any atom is -0.481 e. The lowest BCUT2D eigenvalue weighted by atomic mass is 10.0. The van der Waals surface area contributed by atoms with Crippen molar-refractivity contribution in [3.63, 3.8) is 0 Å². The summed E-state index contributed by atoms with van der Waals surface area (Å²) in [4.78, 5) is 23.6. The van der Waals surface area contributed by atoms with Gasteiger partial charge in [-0.15, -0.1) is 11.8 Å². The lowest BCUT2D eigenvalue weighted by Gasteiger charge is -2.24. The Morgan fingerprint density at radius 3 is 2.60 bits per heavy atom. The Hall–Kier alpha value is -1.01. The summed E-state index contributed by atoms with van der Waals surface area (Å²) in [5.74, 6) is -0.818. The number of nitrogens with one attached hydrogen (secondary N) is 1. The van der Waals surface area contributed by atoms with Crippen molar-refractivity contribution in [1.29, 1.82) is 0 Å². The van der Waals surface area contributed by atoms with Gasteiger partial charge in [-0.05, 0) is 44.5 Å². The van der Waals surface area contributed by atoms with Crippen LogP contribution in [-0.4, -0.2) is 28.3 Å². The van der Waals surface area contributed by atoms with E-state index in [0.717, 1.165) is 14.9 Å². The number of hydrogen-bond donors (Lipinski definition) is 2. The number of rotatable bonds is 6. The molecule has 1 amide bonds. The number of aliphatic carboxylic acids is 1. The van der Waals surface area contributed by atoms with Gasteiger partial charge in [0.05, 0.1) is 12.2 Å². The molecule has 0 unspecified atom stereocenters. The highest BCUT2D eigenvalue weighted by Gasteiger charge is 2.23. The molecule has 0 fully saturated rings. The monoisotopic (exact) mass is 359 g/mol. The van der Waals surface area contributed by atoms with Crippen LogP contribution in [0.25, 0.3) is 0 Å². The van der Waals surface area contributed by atoms with E-state index in [4.69, 9.17) is 5.11 Å². The summed E-state index contributed by atoms with van der Waals surface area (Å²) in [5, 5.41) is 11.5. The second-order valence-electron chi connectivity index (χ2n) is 5.20. The molecule has 1 rings (SSSR count). The lowest BCUT2D eigenvalue weighted by molar-refractivity contribution is -0.138. The van der Waals surface area contributed by atoms with E-state index in [0.29, 0.717) is 0 Å². The van der Waals surface area contributed by atoms with Crippen LogP contribution < -0.4 is 5.32 Å². The van der Waals surface area contributed by atoms with Gasteiger partial charge in [0.15, 0.2) is 0 Å². The second kappa shape index (κ2) is 7.13. The van der Waals surface area contributed by atoms with E-state index in [9.17, 15) is 9.59 Å². The second-order valence-corrected chi connectivity index (χ2v) is 7.13. The molecule has 0 aliphatic heterocycles. The van der Waals surface area contributed by atoms with Crippen molar-refractivity contribution in [2.75, 3.05) is 5.75 Å². The largest absolute Gasteiger partial charge is 0.481 e. The molecule has 0 aromatic heterocycles. The van der Waals surface area contributed by atoms with Crippen LogP contribution in [0.2, 0.25) is 0 Å². The van der Waals surface area contributed by atoms with Crippen LogP contribution in [-0.2, 0) is 9.59 Å². The summed E-state index contributed by atoms with van der Waals surface area (Å²) in [6.45, 7) is 5.39. The summed E-state index contributed by atoms with van der Waals surface area (Å²) in [6.07, 6.45) is -0.0965. The number of thioether (sulfide) groups is 1. The first-order valence-electron chi connectivity index (χ1n) is 6.11. The van der Waals surface area contributed by atoms with Crippen molar-refractivity contribution >= 4 is 39.6 Å². The molecule has 0 aliphatic rings. The fourth-order valence-corrected chi connectivity index (χ4v) is 3.04. The average Bonchev–Trinajstić information content (AvgIpc) is 2.24. The van der Waals surface area contributed by atoms with Crippen LogP contribution in [0.1, 0.15) is 25.8 Å². The third-order valence-corrected chi connectivity index (χ3v) is 4.24. The summed E-state index contributed by atoms with van der Waals surface area (Å²) in [7, 11) is 0. The molecule has 0 radical (unpaired) electrons. The number of hydrogen-bond acceptors (Lipinski definition) is 3. The normalized spacial score (nSPS) is 11.2. The Morgan fingerprint density at radius 1 is 1.40 bits per heavy atom. The van der Waals surface area contributed by atoms with Crippen LogP contribution in [0.4, 0.5) is 0 Å². The van der Waals surface area contributed by atoms with E-state index in [1.54, 1.807) is 13.8 Å². The van der Waals surface area contributed by atoms with E-state index >= 15 is 0 Å². The maximum Gasteiger partial charge on any atom is 0.305 e. The topological polar surface area (TPSA) is 66.4 Å². The Labute approximate surface area is 131 Å². The van der Waals surface area contributed by atoms with Crippen molar-refractivity contribution < 1.29 is 14.7 Å². The third-order valence-electron chi connectivity index (χ3n) is 2.57. The van der Waals surface area contributed by atoms with Gasteiger partial charge in [-0.1, -0.05) is 15.9 Å². The highest BCUT2D eigenvalue weighted by Crippen LogP contribution is 2.25. The lowest BCUT2D eigenvalue weighted by Crippen LogP contribution is -2.45.